The van der Waals surface area contributed by atoms with Gasteiger partial charge in [-0.3, -0.25) is 9.55 Å². The van der Waals surface area contributed by atoms with E-state index in [2.05, 4.69) is 158 Å². The molecule has 0 aliphatic rings. The summed E-state index contributed by atoms with van der Waals surface area (Å²) in [6.45, 7) is 20.0. The van der Waals surface area contributed by atoms with Crippen LogP contribution in [0.4, 0.5) is 0 Å². The fourth-order valence-electron chi connectivity index (χ4n) is 6.77. The number of rotatable bonds is 4. The van der Waals surface area contributed by atoms with Gasteiger partial charge in [-0.25, -0.2) is 4.98 Å². The van der Waals surface area contributed by atoms with Gasteiger partial charge in [-0.05, 0) is 98.7 Å². The first-order valence-corrected chi connectivity index (χ1v) is 17.6. The Morgan fingerprint density at radius 2 is 1.14 bits per heavy atom. The van der Waals surface area contributed by atoms with E-state index in [4.69, 9.17) is 9.97 Å². The van der Waals surface area contributed by atoms with Crippen LogP contribution < -0.4 is 0 Å². The van der Waals surface area contributed by atoms with E-state index in [1.54, 1.807) is 6.07 Å². The third kappa shape index (κ3) is 6.08. The fourth-order valence-corrected chi connectivity index (χ4v) is 6.77. The van der Waals surface area contributed by atoms with Crippen molar-refractivity contribution in [2.45, 2.75) is 78.6 Å². The van der Waals surface area contributed by atoms with Crippen molar-refractivity contribution in [1.82, 2.24) is 14.5 Å². The molecule has 50 heavy (non-hydrogen) atoms. The van der Waals surface area contributed by atoms with Crippen molar-refractivity contribution in [3.8, 4) is 45.1 Å². The zero-order valence-corrected chi connectivity index (χ0v) is 30.8. The average molecular weight is 658 g/mol. The van der Waals surface area contributed by atoms with E-state index in [1.165, 1.54) is 11.1 Å². The maximum atomic E-state index is 11.4. The second-order valence-electron chi connectivity index (χ2n) is 16.7. The maximum absolute atomic E-state index is 11.4. The van der Waals surface area contributed by atoms with E-state index in [9.17, 15) is 5.11 Å². The summed E-state index contributed by atoms with van der Waals surface area (Å²) >= 11 is 0. The smallest absolute Gasteiger partial charge is 0.149 e. The minimum Gasteiger partial charge on any atom is -0.507 e. The van der Waals surface area contributed by atoms with Gasteiger partial charge in [0, 0.05) is 28.4 Å². The number of benzene rings is 5. The first kappa shape index (κ1) is 33.3. The first-order valence-electron chi connectivity index (χ1n) is 17.6. The molecule has 0 aliphatic heterocycles. The van der Waals surface area contributed by atoms with Crippen molar-refractivity contribution in [2.75, 3.05) is 0 Å². The average Bonchev–Trinajstić information content (AvgIpc) is 3.46. The van der Waals surface area contributed by atoms with Gasteiger partial charge >= 0.3 is 0 Å². The molecular weight excluding hydrogens is 611 g/mol. The summed E-state index contributed by atoms with van der Waals surface area (Å²) in [6.07, 6.45) is 1.87. The Hall–Kier alpha value is -5.22. The minimum absolute atomic E-state index is 0.00778. The number of phenolic OH excluding ortho intramolecular Hbond substituents is 1. The first-order chi connectivity index (χ1) is 23.6. The summed E-state index contributed by atoms with van der Waals surface area (Å²) in [7, 11) is 0. The Bertz CT molecular complexity index is 2380. The third-order valence-corrected chi connectivity index (χ3v) is 9.84. The summed E-state index contributed by atoms with van der Waals surface area (Å²) in [6, 6.07) is 38.5. The van der Waals surface area contributed by atoms with Crippen molar-refractivity contribution in [1.29, 1.82) is 0 Å². The van der Waals surface area contributed by atoms with Crippen LogP contribution in [0.5, 0.6) is 5.75 Å². The van der Waals surface area contributed by atoms with Crippen molar-refractivity contribution < 1.29 is 5.11 Å². The van der Waals surface area contributed by atoms with Crippen molar-refractivity contribution >= 4 is 21.9 Å². The molecule has 0 amide bonds. The predicted molar refractivity (Wildman–Crippen MR) is 210 cm³/mol. The zero-order valence-electron chi connectivity index (χ0n) is 30.8. The quantitative estimate of drug-likeness (QED) is 0.205. The van der Waals surface area contributed by atoms with Gasteiger partial charge in [-0.15, -0.1) is 0 Å². The van der Waals surface area contributed by atoms with E-state index in [1.807, 2.05) is 18.3 Å². The topological polar surface area (TPSA) is 50.9 Å². The zero-order chi connectivity index (χ0) is 35.6. The van der Waals surface area contributed by atoms with Gasteiger partial charge < -0.3 is 5.11 Å². The normalized spacial score (nSPS) is 12.6. The second kappa shape index (κ2) is 12.0. The number of fused-ring (bicyclic) bond motifs is 2. The molecule has 1 N–H and O–H groups in total. The molecule has 4 nitrogen and oxygen atoms in total. The van der Waals surface area contributed by atoms with Crippen LogP contribution in [0, 0.1) is 0 Å². The van der Waals surface area contributed by atoms with Crippen LogP contribution in [0.1, 0.15) is 79.0 Å². The number of nitrogens with zero attached hydrogens (tertiary/aromatic N) is 3. The summed E-state index contributed by atoms with van der Waals surface area (Å²) in [5, 5.41) is 12.5. The highest BCUT2D eigenvalue weighted by molar-refractivity contribution is 5.99. The SMILES string of the molecule is CC(C)(C)c1ccc(-n2c(-c3cc(C(C)(C)C)ccc3O)nc3c(-c4cccc(-c5cc(C(C)(C)C)cc6cccnc56)c4)cccc32)cc1. The molecule has 2 aromatic heterocycles. The highest BCUT2D eigenvalue weighted by atomic mass is 16.3. The Labute approximate surface area is 296 Å². The minimum atomic E-state index is -0.0947. The lowest BCUT2D eigenvalue weighted by atomic mass is 9.84. The lowest BCUT2D eigenvalue weighted by molar-refractivity contribution is 0.475. The molecule has 7 rings (SSSR count). The molecule has 0 radical (unpaired) electrons. The maximum Gasteiger partial charge on any atom is 0.149 e. The number of pyridine rings is 1. The number of phenols is 1. The number of imidazole rings is 1. The van der Waals surface area contributed by atoms with Crippen LogP contribution in [0.15, 0.2) is 115 Å². The Balaban J connectivity index is 1.47. The summed E-state index contributed by atoms with van der Waals surface area (Å²) in [4.78, 5) is 10.2. The number of aromatic hydroxyl groups is 1. The fraction of sp³-hybridized carbons (Fsp3) is 0.261. The van der Waals surface area contributed by atoms with Gasteiger partial charge in [-0.2, -0.15) is 0 Å². The molecule has 4 heteroatoms. The molecule has 0 saturated heterocycles. The van der Waals surface area contributed by atoms with Crippen LogP contribution in [0.3, 0.4) is 0 Å². The lowest BCUT2D eigenvalue weighted by Gasteiger charge is -2.21. The van der Waals surface area contributed by atoms with Crippen LogP contribution in [-0.4, -0.2) is 19.6 Å². The standard InChI is InChI=1S/C46H47N3O/c1-44(2,3)32-18-21-35(22-19-32)49-39-17-11-16-36(42(39)48-43(49)38-27-33(45(4,5)6)20-23-40(38)50)29-13-10-14-30(25-29)37-28-34(46(7,8)9)26-31-15-12-24-47-41(31)37/h10-28,50H,1-9H3. The second-order valence-corrected chi connectivity index (χ2v) is 16.7. The molecule has 0 saturated carbocycles. The molecule has 252 valence electrons. The molecule has 0 fully saturated rings. The van der Waals surface area contributed by atoms with E-state index < -0.39 is 0 Å². The van der Waals surface area contributed by atoms with Gasteiger partial charge in [0.05, 0.1) is 22.1 Å². The molecule has 0 aliphatic carbocycles. The van der Waals surface area contributed by atoms with Crippen LogP contribution >= 0.6 is 0 Å². The van der Waals surface area contributed by atoms with E-state index >= 15 is 0 Å². The molecule has 0 bridgehead atoms. The molecule has 5 aromatic carbocycles. The Morgan fingerprint density at radius 3 is 1.82 bits per heavy atom. The van der Waals surface area contributed by atoms with Crippen LogP contribution in [0.25, 0.3) is 61.3 Å². The number of hydrogen-bond donors (Lipinski definition) is 1. The molecule has 0 unspecified atom stereocenters. The van der Waals surface area contributed by atoms with E-state index in [0.29, 0.717) is 11.4 Å². The van der Waals surface area contributed by atoms with Gasteiger partial charge in [0.25, 0.3) is 0 Å². The van der Waals surface area contributed by atoms with Crippen molar-refractivity contribution in [3.05, 3.63) is 132 Å². The summed E-state index contributed by atoms with van der Waals surface area (Å²) < 4.78 is 2.20. The highest BCUT2D eigenvalue weighted by Crippen LogP contribution is 2.41. The lowest BCUT2D eigenvalue weighted by Crippen LogP contribution is -2.11. The number of hydrogen-bond acceptors (Lipinski definition) is 3. The highest BCUT2D eigenvalue weighted by Gasteiger charge is 2.24. The molecule has 7 aromatic rings. The predicted octanol–water partition coefficient (Wildman–Crippen LogP) is 12.2. The molecule has 2 heterocycles. The number of para-hydroxylation sites is 1. The monoisotopic (exact) mass is 657 g/mol. The number of aromatic nitrogens is 3. The van der Waals surface area contributed by atoms with E-state index in [0.717, 1.165) is 55.4 Å². The third-order valence-electron chi connectivity index (χ3n) is 9.84. The van der Waals surface area contributed by atoms with Gasteiger partial charge in [0.1, 0.15) is 11.6 Å². The van der Waals surface area contributed by atoms with Crippen LogP contribution in [0.2, 0.25) is 0 Å². The van der Waals surface area contributed by atoms with Crippen molar-refractivity contribution in [3.63, 3.8) is 0 Å². The summed E-state index contributed by atoms with van der Waals surface area (Å²) in [5.74, 6) is 0.923. The Kier molecular flexibility index (Phi) is 7.98. The molecule has 0 atom stereocenters. The molecular formula is C46H47N3O. The van der Waals surface area contributed by atoms with E-state index in [-0.39, 0.29) is 22.0 Å². The van der Waals surface area contributed by atoms with Crippen LogP contribution in [-0.2, 0) is 16.2 Å². The van der Waals surface area contributed by atoms with Crippen molar-refractivity contribution in [2.24, 2.45) is 0 Å². The summed E-state index contributed by atoms with van der Waals surface area (Å²) in [5.41, 5.74) is 12.5. The van der Waals surface area contributed by atoms with Gasteiger partial charge in [0.2, 0.25) is 0 Å². The van der Waals surface area contributed by atoms with Gasteiger partial charge in [-0.1, -0.05) is 117 Å². The largest absolute Gasteiger partial charge is 0.507 e. The molecule has 0 spiro atoms. The Morgan fingerprint density at radius 1 is 0.520 bits per heavy atom. The van der Waals surface area contributed by atoms with Gasteiger partial charge in [0.15, 0.2) is 0 Å².